The van der Waals surface area contributed by atoms with Gasteiger partial charge < -0.3 is 10.5 Å². The number of aromatic nitrogens is 1. The average molecular weight is 276 g/mol. The van der Waals surface area contributed by atoms with Crippen molar-refractivity contribution < 1.29 is 4.74 Å². The minimum atomic E-state index is 0.452. The highest BCUT2D eigenvalue weighted by molar-refractivity contribution is 5.36. The molecule has 2 aromatic carbocycles. The Kier molecular flexibility index (Phi) is 3.83. The van der Waals surface area contributed by atoms with Crippen LogP contribution in [0.3, 0.4) is 0 Å². The van der Waals surface area contributed by atoms with Crippen molar-refractivity contribution in [3.63, 3.8) is 0 Å². The molecule has 3 nitrogen and oxygen atoms in total. The summed E-state index contributed by atoms with van der Waals surface area (Å²) in [5.41, 5.74) is 8.17. The first-order valence-electron chi connectivity index (χ1n) is 6.83. The molecule has 0 radical (unpaired) electrons. The number of ether oxygens (including phenoxy) is 1. The largest absolute Gasteiger partial charge is 0.439 e. The molecule has 0 aliphatic heterocycles. The van der Waals surface area contributed by atoms with E-state index in [0.717, 1.165) is 12.2 Å². The fraction of sp³-hybridized carbons (Fsp3) is 0.0556. The SMILES string of the molecule is Nc1cccc(Oc2ccc(Cc3ccccc3)cc2)n1. The summed E-state index contributed by atoms with van der Waals surface area (Å²) in [6.45, 7) is 0. The molecule has 0 fully saturated rings. The van der Waals surface area contributed by atoms with Gasteiger partial charge >= 0.3 is 0 Å². The lowest BCUT2D eigenvalue weighted by atomic mass is 10.1. The van der Waals surface area contributed by atoms with E-state index in [-0.39, 0.29) is 0 Å². The fourth-order valence-corrected chi connectivity index (χ4v) is 2.12. The van der Waals surface area contributed by atoms with Crippen LogP contribution in [0, 0.1) is 0 Å². The van der Waals surface area contributed by atoms with E-state index in [2.05, 4.69) is 41.4 Å². The van der Waals surface area contributed by atoms with Gasteiger partial charge in [-0.05, 0) is 35.7 Å². The van der Waals surface area contributed by atoms with Gasteiger partial charge in [-0.15, -0.1) is 0 Å². The highest BCUT2D eigenvalue weighted by Crippen LogP contribution is 2.21. The van der Waals surface area contributed by atoms with Crippen molar-refractivity contribution in [2.45, 2.75) is 6.42 Å². The monoisotopic (exact) mass is 276 g/mol. The van der Waals surface area contributed by atoms with Crippen LogP contribution in [-0.2, 0) is 6.42 Å². The van der Waals surface area contributed by atoms with Gasteiger partial charge in [0.05, 0.1) is 0 Å². The van der Waals surface area contributed by atoms with Crippen LogP contribution in [0.5, 0.6) is 11.6 Å². The Morgan fingerprint density at radius 3 is 2.19 bits per heavy atom. The molecule has 1 aromatic heterocycles. The number of rotatable bonds is 4. The van der Waals surface area contributed by atoms with Gasteiger partial charge in [-0.3, -0.25) is 0 Å². The number of nitrogens with zero attached hydrogens (tertiary/aromatic N) is 1. The number of nitrogens with two attached hydrogens (primary N) is 1. The second-order valence-corrected chi connectivity index (χ2v) is 4.81. The molecule has 0 spiro atoms. The Balaban J connectivity index is 1.69. The van der Waals surface area contributed by atoms with Gasteiger partial charge in [0.15, 0.2) is 0 Å². The Bertz CT molecular complexity index is 709. The second kappa shape index (κ2) is 6.09. The van der Waals surface area contributed by atoms with Gasteiger partial charge in [-0.1, -0.05) is 48.5 Å². The van der Waals surface area contributed by atoms with Crippen molar-refractivity contribution >= 4 is 5.82 Å². The minimum Gasteiger partial charge on any atom is -0.439 e. The molecule has 0 bridgehead atoms. The van der Waals surface area contributed by atoms with E-state index in [1.165, 1.54) is 11.1 Å². The normalized spacial score (nSPS) is 10.3. The summed E-state index contributed by atoms with van der Waals surface area (Å²) in [6.07, 6.45) is 0.914. The molecule has 1 heterocycles. The Morgan fingerprint density at radius 2 is 1.48 bits per heavy atom. The molecule has 0 amide bonds. The van der Waals surface area contributed by atoms with E-state index in [1.807, 2.05) is 24.3 Å². The average Bonchev–Trinajstić information content (AvgIpc) is 2.50. The van der Waals surface area contributed by atoms with Gasteiger partial charge in [0.2, 0.25) is 5.88 Å². The lowest BCUT2D eigenvalue weighted by molar-refractivity contribution is 0.463. The first-order valence-corrected chi connectivity index (χ1v) is 6.83. The van der Waals surface area contributed by atoms with Crippen LogP contribution in [0.2, 0.25) is 0 Å². The summed E-state index contributed by atoms with van der Waals surface area (Å²) in [5.74, 6) is 1.71. The maximum atomic E-state index is 5.67. The predicted molar refractivity (Wildman–Crippen MR) is 84.4 cm³/mol. The summed E-state index contributed by atoms with van der Waals surface area (Å²) >= 11 is 0. The first kappa shape index (κ1) is 13.2. The van der Waals surface area contributed by atoms with Crippen LogP contribution in [0.4, 0.5) is 5.82 Å². The van der Waals surface area contributed by atoms with Gasteiger partial charge in [0, 0.05) is 6.07 Å². The van der Waals surface area contributed by atoms with Crippen molar-refractivity contribution in [2.24, 2.45) is 0 Å². The summed E-state index contributed by atoms with van der Waals surface area (Å²) in [7, 11) is 0. The van der Waals surface area contributed by atoms with Crippen LogP contribution in [0.15, 0.2) is 72.8 Å². The molecular weight excluding hydrogens is 260 g/mol. The smallest absolute Gasteiger partial charge is 0.221 e. The third-order valence-corrected chi connectivity index (χ3v) is 3.14. The van der Waals surface area contributed by atoms with Gasteiger partial charge in [0.1, 0.15) is 11.6 Å². The molecule has 3 aromatic rings. The zero-order chi connectivity index (χ0) is 14.5. The molecule has 104 valence electrons. The van der Waals surface area contributed by atoms with Crippen molar-refractivity contribution in [3.05, 3.63) is 83.9 Å². The van der Waals surface area contributed by atoms with Crippen LogP contribution < -0.4 is 10.5 Å². The molecule has 0 saturated carbocycles. The number of hydrogen-bond acceptors (Lipinski definition) is 3. The summed E-state index contributed by atoms with van der Waals surface area (Å²) < 4.78 is 5.67. The number of anilines is 1. The van der Waals surface area contributed by atoms with Crippen molar-refractivity contribution in [1.29, 1.82) is 0 Å². The lowest BCUT2D eigenvalue weighted by Crippen LogP contribution is -1.93. The summed E-state index contributed by atoms with van der Waals surface area (Å²) in [4.78, 5) is 4.11. The van der Waals surface area contributed by atoms with Gasteiger partial charge in [0.25, 0.3) is 0 Å². The molecule has 3 rings (SSSR count). The van der Waals surface area contributed by atoms with Crippen LogP contribution in [0.1, 0.15) is 11.1 Å². The minimum absolute atomic E-state index is 0.452. The topological polar surface area (TPSA) is 48.1 Å². The standard InChI is InChI=1S/C18H16N2O/c19-17-7-4-8-18(20-17)21-16-11-9-15(10-12-16)13-14-5-2-1-3-6-14/h1-12H,13H2,(H2,19,20). The Morgan fingerprint density at radius 1 is 0.762 bits per heavy atom. The van der Waals surface area contributed by atoms with Crippen molar-refractivity contribution in [3.8, 4) is 11.6 Å². The van der Waals surface area contributed by atoms with Crippen molar-refractivity contribution in [2.75, 3.05) is 5.73 Å². The predicted octanol–water partition coefficient (Wildman–Crippen LogP) is 4.05. The van der Waals surface area contributed by atoms with E-state index in [1.54, 1.807) is 12.1 Å². The Hall–Kier alpha value is -2.81. The van der Waals surface area contributed by atoms with E-state index in [0.29, 0.717) is 11.7 Å². The maximum Gasteiger partial charge on any atom is 0.221 e. The molecule has 0 saturated heterocycles. The fourth-order valence-electron chi connectivity index (χ4n) is 2.12. The molecule has 0 atom stereocenters. The summed E-state index contributed by atoms with van der Waals surface area (Å²) in [5, 5.41) is 0. The van der Waals surface area contributed by atoms with Gasteiger partial charge in [-0.25, -0.2) is 0 Å². The first-order chi connectivity index (χ1) is 10.3. The zero-order valence-electron chi connectivity index (χ0n) is 11.6. The molecule has 2 N–H and O–H groups in total. The van der Waals surface area contributed by atoms with E-state index >= 15 is 0 Å². The second-order valence-electron chi connectivity index (χ2n) is 4.81. The Labute approximate surface area is 124 Å². The molecule has 0 unspecified atom stereocenters. The highest BCUT2D eigenvalue weighted by Gasteiger charge is 2.00. The molecule has 3 heteroatoms. The quantitative estimate of drug-likeness (QED) is 0.782. The van der Waals surface area contributed by atoms with Crippen molar-refractivity contribution in [1.82, 2.24) is 4.98 Å². The van der Waals surface area contributed by atoms with Crippen LogP contribution in [0.25, 0.3) is 0 Å². The van der Waals surface area contributed by atoms with E-state index in [4.69, 9.17) is 10.5 Å². The molecule has 21 heavy (non-hydrogen) atoms. The lowest BCUT2D eigenvalue weighted by Gasteiger charge is -2.06. The third-order valence-electron chi connectivity index (χ3n) is 3.14. The number of pyridine rings is 1. The number of benzene rings is 2. The highest BCUT2D eigenvalue weighted by atomic mass is 16.5. The zero-order valence-corrected chi connectivity index (χ0v) is 11.6. The van der Waals surface area contributed by atoms with Crippen LogP contribution >= 0.6 is 0 Å². The van der Waals surface area contributed by atoms with E-state index < -0.39 is 0 Å². The number of nitrogen functional groups attached to an aromatic ring is 1. The molecule has 0 aliphatic carbocycles. The van der Waals surface area contributed by atoms with E-state index in [9.17, 15) is 0 Å². The third kappa shape index (κ3) is 3.60. The molecular formula is C18H16N2O. The molecule has 0 aliphatic rings. The van der Waals surface area contributed by atoms with Gasteiger partial charge in [-0.2, -0.15) is 4.98 Å². The summed E-state index contributed by atoms with van der Waals surface area (Å²) in [6, 6.07) is 23.7. The number of hydrogen-bond donors (Lipinski definition) is 1. The van der Waals surface area contributed by atoms with Crippen LogP contribution in [-0.4, -0.2) is 4.98 Å². The maximum absolute atomic E-state index is 5.67.